The first-order chi connectivity index (χ1) is 22.4. The quantitative estimate of drug-likeness (QED) is 0.156. The van der Waals surface area contributed by atoms with Gasteiger partial charge < -0.3 is 14.5 Å². The minimum atomic E-state index is -4.93. The van der Waals surface area contributed by atoms with E-state index in [1.807, 2.05) is 50.2 Å². The highest BCUT2D eigenvalue weighted by Crippen LogP contribution is 2.33. The van der Waals surface area contributed by atoms with E-state index in [1.54, 1.807) is 43.3 Å². The number of hydrogen-bond donors (Lipinski definition) is 0. The first kappa shape index (κ1) is 33.1. The number of anilines is 1. The first-order valence-electron chi connectivity index (χ1n) is 14.9. The van der Waals surface area contributed by atoms with Crippen molar-refractivity contribution in [2.45, 2.75) is 39.0 Å². The molecule has 1 amide bonds. The number of ether oxygens (including phenoxy) is 1. The molecule has 0 aliphatic carbocycles. The molecule has 5 rings (SSSR count). The molecule has 2 aromatic heterocycles. The maximum atomic E-state index is 14.1. The summed E-state index contributed by atoms with van der Waals surface area (Å²) in [4.78, 5) is 40.4. The first-order valence-corrected chi connectivity index (χ1v) is 14.9. The van der Waals surface area contributed by atoms with Crippen LogP contribution in [0.25, 0.3) is 16.7 Å². The van der Waals surface area contributed by atoms with Crippen LogP contribution >= 0.6 is 0 Å². The van der Waals surface area contributed by atoms with E-state index in [4.69, 9.17) is 9.72 Å². The highest BCUT2D eigenvalue weighted by molar-refractivity contribution is 5.79. The number of amides is 1. The lowest BCUT2D eigenvalue weighted by Crippen LogP contribution is -2.38. The predicted octanol–water partition coefficient (Wildman–Crippen LogP) is 6.74. The molecule has 2 heterocycles. The second kappa shape index (κ2) is 13.6. The van der Waals surface area contributed by atoms with Crippen molar-refractivity contribution in [3.8, 4) is 11.4 Å². The van der Waals surface area contributed by atoms with Crippen LogP contribution in [0, 0.1) is 5.82 Å². The summed E-state index contributed by atoms with van der Waals surface area (Å²) in [6.07, 6.45) is -3.88. The van der Waals surface area contributed by atoms with Gasteiger partial charge in [0.1, 0.15) is 17.4 Å². The summed E-state index contributed by atoms with van der Waals surface area (Å²) < 4.78 is 61.5. The normalized spacial score (nSPS) is 12.2. The van der Waals surface area contributed by atoms with E-state index in [-0.39, 0.29) is 29.0 Å². The zero-order valence-electron chi connectivity index (χ0n) is 26.3. The number of fused-ring (bicyclic) bond motifs is 1. The van der Waals surface area contributed by atoms with Crippen molar-refractivity contribution in [1.29, 1.82) is 0 Å². The average Bonchev–Trinajstić information content (AvgIpc) is 3.04. The Bertz CT molecular complexity index is 1940. The molecule has 0 N–H and O–H groups in total. The molecular formula is C35H33F4N5O3. The van der Waals surface area contributed by atoms with Crippen LogP contribution in [0.1, 0.15) is 42.4 Å². The number of alkyl halides is 3. The van der Waals surface area contributed by atoms with Gasteiger partial charge in [-0.2, -0.15) is 13.2 Å². The van der Waals surface area contributed by atoms with E-state index in [0.717, 1.165) is 17.3 Å². The van der Waals surface area contributed by atoms with Crippen molar-refractivity contribution in [1.82, 2.24) is 19.4 Å². The molecule has 0 spiro atoms. The van der Waals surface area contributed by atoms with E-state index >= 15 is 0 Å². The molecule has 0 radical (unpaired) electrons. The van der Waals surface area contributed by atoms with E-state index in [2.05, 4.69) is 4.98 Å². The summed E-state index contributed by atoms with van der Waals surface area (Å²) in [6.45, 7) is 4.05. The van der Waals surface area contributed by atoms with Crippen LogP contribution in [0.5, 0.6) is 5.75 Å². The molecule has 5 aromatic rings. The minimum absolute atomic E-state index is 0.0130. The Morgan fingerprint density at radius 3 is 2.30 bits per heavy atom. The number of nitrogens with zero attached hydrogens (tertiary/aromatic N) is 5. The molecule has 1 atom stereocenters. The summed E-state index contributed by atoms with van der Waals surface area (Å²) in [5.74, 6) is -1.18. The topological polar surface area (TPSA) is 80.6 Å². The fourth-order valence-electron chi connectivity index (χ4n) is 5.28. The smallest absolute Gasteiger partial charge is 0.419 e. The largest absolute Gasteiger partial charge is 0.494 e. The second-order valence-electron chi connectivity index (χ2n) is 11.2. The Hall–Kier alpha value is -5.26. The van der Waals surface area contributed by atoms with E-state index in [0.29, 0.717) is 30.2 Å². The van der Waals surface area contributed by atoms with E-state index in [9.17, 15) is 27.2 Å². The lowest BCUT2D eigenvalue weighted by Gasteiger charge is -2.31. The summed E-state index contributed by atoms with van der Waals surface area (Å²) in [7, 11) is 3.79. The Balaban J connectivity index is 1.62. The molecule has 0 fully saturated rings. The summed E-state index contributed by atoms with van der Waals surface area (Å²) >= 11 is 0. The average molecular weight is 648 g/mol. The van der Waals surface area contributed by atoms with E-state index < -0.39 is 41.5 Å². The molecule has 0 aliphatic heterocycles. The summed E-state index contributed by atoms with van der Waals surface area (Å²) in [5.41, 5.74) is 0.434. The number of hydrogen-bond acceptors (Lipinski definition) is 6. The van der Waals surface area contributed by atoms with Crippen LogP contribution in [0.2, 0.25) is 0 Å². The van der Waals surface area contributed by atoms with Crippen LogP contribution in [0.3, 0.4) is 0 Å². The number of aromatic nitrogens is 3. The van der Waals surface area contributed by atoms with Gasteiger partial charge in [0.25, 0.3) is 5.56 Å². The zero-order chi connectivity index (χ0) is 33.9. The third-order valence-electron chi connectivity index (χ3n) is 7.73. The number of halogens is 4. The van der Waals surface area contributed by atoms with Gasteiger partial charge in [0.2, 0.25) is 5.91 Å². The lowest BCUT2D eigenvalue weighted by atomic mass is 10.0. The molecule has 3 aromatic carbocycles. The fraction of sp³-hybridized carbons (Fsp3) is 0.257. The van der Waals surface area contributed by atoms with Crippen molar-refractivity contribution in [3.63, 3.8) is 0 Å². The summed E-state index contributed by atoms with van der Waals surface area (Å²) in [5, 5.41) is 0.264. The molecule has 0 aliphatic rings. The van der Waals surface area contributed by atoms with Crippen LogP contribution < -0.4 is 15.2 Å². The zero-order valence-corrected chi connectivity index (χ0v) is 26.3. The molecule has 0 saturated carbocycles. The monoisotopic (exact) mass is 647 g/mol. The molecule has 8 nitrogen and oxygen atoms in total. The maximum Gasteiger partial charge on any atom is 0.419 e. The van der Waals surface area contributed by atoms with E-state index in [1.165, 1.54) is 15.7 Å². The lowest BCUT2D eigenvalue weighted by molar-refractivity contribution is -0.140. The highest BCUT2D eigenvalue weighted by atomic mass is 19.4. The molecule has 12 heteroatoms. The van der Waals surface area contributed by atoms with Crippen LogP contribution in [0.4, 0.5) is 23.2 Å². The van der Waals surface area contributed by atoms with Crippen molar-refractivity contribution < 1.29 is 27.1 Å². The SMILES string of the molecule is CCOc1ccc(-n2c([C@@H](C)N(Cc3ccc(N(C)C)cc3)C(=O)Cc3ccc(F)c(C(F)(F)F)c3)nc3ncccc3c2=O)cc1. The van der Waals surface area contributed by atoms with Gasteiger partial charge in [0.15, 0.2) is 5.65 Å². The third kappa shape index (κ3) is 7.26. The third-order valence-corrected chi connectivity index (χ3v) is 7.73. The van der Waals surface area contributed by atoms with Crippen molar-refractivity contribution >= 4 is 22.6 Å². The molecule has 244 valence electrons. The molecule has 0 saturated heterocycles. The second-order valence-corrected chi connectivity index (χ2v) is 11.2. The minimum Gasteiger partial charge on any atom is -0.494 e. The standard InChI is InChI=1S/C35H33F4N5O3/c1-5-47-27-15-13-26(14-16-27)44-33(41-32-28(34(44)46)7-6-18-40-32)22(2)43(21-23-8-11-25(12-9-23)42(3)4)31(45)20-24-10-17-30(36)29(19-24)35(37,38)39/h6-19,22H,5,20-21H2,1-4H3/t22-/m1/s1. The molecule has 0 unspecified atom stereocenters. The Kier molecular flexibility index (Phi) is 9.59. The number of rotatable bonds is 10. The van der Waals surface area contributed by atoms with Crippen molar-refractivity contribution in [3.05, 3.63) is 124 Å². The van der Waals surface area contributed by atoms with Gasteiger partial charge in [-0.15, -0.1) is 0 Å². The number of carbonyl (C=O) groups excluding carboxylic acids is 1. The van der Waals surface area contributed by atoms with Crippen LogP contribution in [-0.2, 0) is 23.9 Å². The highest BCUT2D eigenvalue weighted by Gasteiger charge is 2.35. The number of pyridine rings is 1. The van der Waals surface area contributed by atoms with Crippen LogP contribution in [-0.4, -0.2) is 46.0 Å². The van der Waals surface area contributed by atoms with Gasteiger partial charge in [-0.3, -0.25) is 14.2 Å². The van der Waals surface area contributed by atoms with Gasteiger partial charge in [-0.1, -0.05) is 18.2 Å². The Labute approximate surface area is 268 Å². The van der Waals surface area contributed by atoms with Gasteiger partial charge >= 0.3 is 6.18 Å². The van der Waals surface area contributed by atoms with Crippen molar-refractivity contribution in [2.75, 3.05) is 25.6 Å². The van der Waals surface area contributed by atoms with Crippen LogP contribution in [0.15, 0.2) is 89.9 Å². The van der Waals surface area contributed by atoms with Gasteiger partial charge in [-0.25, -0.2) is 14.4 Å². The molecular weight excluding hydrogens is 614 g/mol. The van der Waals surface area contributed by atoms with Gasteiger partial charge in [-0.05, 0) is 85.6 Å². The number of carbonyl (C=O) groups is 1. The Morgan fingerprint density at radius 2 is 1.66 bits per heavy atom. The molecule has 0 bridgehead atoms. The van der Waals surface area contributed by atoms with Gasteiger partial charge in [0.05, 0.1) is 35.7 Å². The predicted molar refractivity (Wildman–Crippen MR) is 171 cm³/mol. The fourth-order valence-corrected chi connectivity index (χ4v) is 5.28. The Morgan fingerprint density at radius 1 is 0.979 bits per heavy atom. The van der Waals surface area contributed by atoms with Gasteiger partial charge in [0, 0.05) is 32.5 Å². The summed E-state index contributed by atoms with van der Waals surface area (Å²) in [6, 6.07) is 19.2. The van der Waals surface area contributed by atoms with Crippen molar-refractivity contribution in [2.24, 2.45) is 0 Å². The molecule has 47 heavy (non-hydrogen) atoms. The maximum absolute atomic E-state index is 14.1. The number of benzene rings is 3.